The largest absolute Gasteiger partial charge is 0.452 e. The van der Waals surface area contributed by atoms with Gasteiger partial charge in [-0.15, -0.1) is 11.3 Å². The molecule has 0 spiro atoms. The van der Waals surface area contributed by atoms with Gasteiger partial charge < -0.3 is 4.74 Å². The maximum Gasteiger partial charge on any atom is 0.359 e. The number of carbonyl (C=O) groups is 2. The molecule has 6 nitrogen and oxygen atoms in total. The van der Waals surface area contributed by atoms with Crippen LogP contribution in [-0.4, -0.2) is 28.1 Å². The van der Waals surface area contributed by atoms with Crippen LogP contribution in [0.25, 0.3) is 10.8 Å². The standard InChI is InChI=1S/C18H15ClN2O4S/c1-10(2)21-17(23)12-6-4-3-5-11(12)16(20-21)18(24)25-9-13(22)14-7-8-15(19)26-14/h3-8,10H,9H2,1-2H3. The van der Waals surface area contributed by atoms with Crippen LogP contribution in [0.1, 0.15) is 40.0 Å². The fourth-order valence-corrected chi connectivity index (χ4v) is 3.41. The third kappa shape index (κ3) is 3.54. The van der Waals surface area contributed by atoms with Gasteiger partial charge >= 0.3 is 5.97 Å². The van der Waals surface area contributed by atoms with Gasteiger partial charge in [0.1, 0.15) is 0 Å². The predicted molar refractivity (Wildman–Crippen MR) is 100 cm³/mol. The first kappa shape index (κ1) is 18.3. The molecule has 0 fully saturated rings. The Kier molecular flexibility index (Phi) is 5.20. The van der Waals surface area contributed by atoms with Gasteiger partial charge in [-0.05, 0) is 32.0 Å². The fraction of sp³-hybridized carbons (Fsp3) is 0.222. The molecule has 0 saturated heterocycles. The van der Waals surface area contributed by atoms with Crippen molar-refractivity contribution in [3.05, 3.63) is 61.7 Å². The molecule has 0 radical (unpaired) electrons. The summed E-state index contributed by atoms with van der Waals surface area (Å²) in [6.45, 7) is 3.16. The maximum absolute atomic E-state index is 12.5. The second-order valence-corrected chi connectivity index (χ2v) is 7.56. The number of hydrogen-bond donors (Lipinski definition) is 0. The van der Waals surface area contributed by atoms with E-state index in [-0.39, 0.29) is 23.1 Å². The van der Waals surface area contributed by atoms with Crippen LogP contribution in [0.3, 0.4) is 0 Å². The number of esters is 1. The Bertz CT molecular complexity index is 1050. The monoisotopic (exact) mass is 390 g/mol. The number of Topliss-reactive ketones (excluding diaryl/α,β-unsaturated/α-hetero) is 1. The zero-order valence-electron chi connectivity index (χ0n) is 14.1. The van der Waals surface area contributed by atoms with Crippen molar-refractivity contribution in [2.45, 2.75) is 19.9 Å². The van der Waals surface area contributed by atoms with E-state index in [2.05, 4.69) is 5.10 Å². The first-order valence-electron chi connectivity index (χ1n) is 7.85. The van der Waals surface area contributed by atoms with Gasteiger partial charge in [-0.3, -0.25) is 9.59 Å². The minimum Gasteiger partial charge on any atom is -0.452 e. The fourth-order valence-electron chi connectivity index (χ4n) is 2.44. The Morgan fingerprint density at radius 1 is 1.19 bits per heavy atom. The van der Waals surface area contributed by atoms with Crippen LogP contribution in [0.2, 0.25) is 4.34 Å². The van der Waals surface area contributed by atoms with Crippen LogP contribution in [0, 0.1) is 0 Å². The van der Waals surface area contributed by atoms with Crippen LogP contribution in [0.4, 0.5) is 0 Å². The van der Waals surface area contributed by atoms with E-state index in [0.717, 1.165) is 11.3 Å². The zero-order chi connectivity index (χ0) is 18.8. The molecule has 2 aromatic heterocycles. The van der Waals surface area contributed by atoms with E-state index < -0.39 is 12.6 Å². The minimum atomic E-state index is -0.758. The van der Waals surface area contributed by atoms with Crippen molar-refractivity contribution in [2.24, 2.45) is 0 Å². The average Bonchev–Trinajstić information content (AvgIpc) is 3.06. The highest BCUT2D eigenvalue weighted by Crippen LogP contribution is 2.22. The number of halogens is 1. The Morgan fingerprint density at radius 3 is 2.50 bits per heavy atom. The van der Waals surface area contributed by atoms with Crippen LogP contribution < -0.4 is 5.56 Å². The number of ether oxygens (including phenoxy) is 1. The summed E-state index contributed by atoms with van der Waals surface area (Å²) >= 11 is 6.92. The molecule has 8 heteroatoms. The van der Waals surface area contributed by atoms with Crippen molar-refractivity contribution in [3.63, 3.8) is 0 Å². The molecule has 0 atom stereocenters. The number of aromatic nitrogens is 2. The van der Waals surface area contributed by atoms with Crippen molar-refractivity contribution in [3.8, 4) is 0 Å². The van der Waals surface area contributed by atoms with Gasteiger partial charge in [0.2, 0.25) is 5.78 Å². The second kappa shape index (κ2) is 7.39. The smallest absolute Gasteiger partial charge is 0.359 e. The molecular formula is C18H15ClN2O4S. The molecule has 1 aromatic carbocycles. The molecule has 0 saturated carbocycles. The van der Waals surface area contributed by atoms with Gasteiger partial charge in [-0.1, -0.05) is 29.8 Å². The maximum atomic E-state index is 12.5. The molecule has 0 amide bonds. The Hall–Kier alpha value is -2.51. The lowest BCUT2D eigenvalue weighted by Crippen LogP contribution is -2.28. The van der Waals surface area contributed by atoms with Crippen LogP contribution in [-0.2, 0) is 4.74 Å². The van der Waals surface area contributed by atoms with Crippen molar-refractivity contribution in [2.75, 3.05) is 6.61 Å². The first-order valence-corrected chi connectivity index (χ1v) is 9.05. The summed E-state index contributed by atoms with van der Waals surface area (Å²) in [5.41, 5.74) is -0.276. The molecule has 0 aliphatic rings. The number of nitrogens with zero attached hydrogens (tertiary/aromatic N) is 2. The Labute approximate surface area is 158 Å². The van der Waals surface area contributed by atoms with Crippen molar-refractivity contribution in [1.29, 1.82) is 0 Å². The third-order valence-corrected chi connectivity index (χ3v) is 4.97. The van der Waals surface area contributed by atoms with E-state index in [1.54, 1.807) is 50.2 Å². The molecule has 3 aromatic rings. The van der Waals surface area contributed by atoms with E-state index in [1.807, 2.05) is 0 Å². The lowest BCUT2D eigenvalue weighted by Gasteiger charge is -2.12. The molecular weight excluding hydrogens is 376 g/mol. The van der Waals surface area contributed by atoms with Gasteiger partial charge in [0.05, 0.1) is 20.6 Å². The quantitative estimate of drug-likeness (QED) is 0.490. The van der Waals surface area contributed by atoms with Crippen molar-refractivity contribution in [1.82, 2.24) is 9.78 Å². The first-order chi connectivity index (χ1) is 12.4. The molecule has 2 heterocycles. The second-order valence-electron chi connectivity index (χ2n) is 5.84. The van der Waals surface area contributed by atoms with E-state index >= 15 is 0 Å². The normalized spacial score (nSPS) is 11.1. The number of ketones is 1. The summed E-state index contributed by atoms with van der Waals surface area (Å²) in [7, 11) is 0. The number of fused-ring (bicyclic) bond motifs is 1. The van der Waals surface area contributed by atoms with Gasteiger partial charge in [0.15, 0.2) is 12.3 Å². The van der Waals surface area contributed by atoms with E-state index in [4.69, 9.17) is 16.3 Å². The van der Waals surface area contributed by atoms with Crippen LogP contribution in [0.5, 0.6) is 0 Å². The van der Waals surface area contributed by atoms with E-state index in [0.29, 0.717) is 20.0 Å². The van der Waals surface area contributed by atoms with E-state index in [1.165, 1.54) is 4.68 Å². The molecule has 134 valence electrons. The zero-order valence-corrected chi connectivity index (χ0v) is 15.6. The topological polar surface area (TPSA) is 78.3 Å². The number of thiophene rings is 1. The predicted octanol–water partition coefficient (Wildman–Crippen LogP) is 3.73. The molecule has 3 rings (SSSR count). The van der Waals surface area contributed by atoms with Crippen LogP contribution >= 0.6 is 22.9 Å². The molecule has 0 aliphatic carbocycles. The van der Waals surface area contributed by atoms with Gasteiger partial charge in [-0.25, -0.2) is 9.48 Å². The van der Waals surface area contributed by atoms with Gasteiger partial charge in [-0.2, -0.15) is 5.10 Å². The van der Waals surface area contributed by atoms with Gasteiger partial charge in [0.25, 0.3) is 5.56 Å². The molecule has 26 heavy (non-hydrogen) atoms. The van der Waals surface area contributed by atoms with Crippen molar-refractivity contribution >= 4 is 45.5 Å². The molecule has 0 bridgehead atoms. The van der Waals surface area contributed by atoms with Crippen LogP contribution in [0.15, 0.2) is 41.2 Å². The Morgan fingerprint density at radius 2 is 1.88 bits per heavy atom. The summed E-state index contributed by atoms with van der Waals surface area (Å²) in [6.07, 6.45) is 0. The number of benzene rings is 1. The third-order valence-electron chi connectivity index (χ3n) is 3.69. The lowest BCUT2D eigenvalue weighted by atomic mass is 10.1. The number of carbonyl (C=O) groups excluding carboxylic acids is 2. The summed E-state index contributed by atoms with van der Waals surface area (Å²) in [4.78, 5) is 37.5. The minimum absolute atomic E-state index is 0.00547. The average molecular weight is 391 g/mol. The summed E-state index contributed by atoms with van der Waals surface area (Å²) in [6, 6.07) is 9.64. The SMILES string of the molecule is CC(C)n1nc(C(=O)OCC(=O)c2ccc(Cl)s2)c2ccccc2c1=O. The highest BCUT2D eigenvalue weighted by atomic mass is 35.5. The molecule has 0 unspecified atom stereocenters. The van der Waals surface area contributed by atoms with Crippen molar-refractivity contribution < 1.29 is 14.3 Å². The summed E-state index contributed by atoms with van der Waals surface area (Å²) < 4.78 is 6.85. The Balaban J connectivity index is 1.91. The highest BCUT2D eigenvalue weighted by Gasteiger charge is 2.20. The number of rotatable bonds is 5. The number of hydrogen-bond acceptors (Lipinski definition) is 6. The summed E-state index contributed by atoms with van der Waals surface area (Å²) in [5, 5.41) is 4.92. The lowest BCUT2D eigenvalue weighted by molar-refractivity contribution is 0.0469. The van der Waals surface area contributed by atoms with Gasteiger partial charge in [0, 0.05) is 5.39 Å². The van der Waals surface area contributed by atoms with E-state index in [9.17, 15) is 14.4 Å². The summed E-state index contributed by atoms with van der Waals surface area (Å²) in [5.74, 6) is -1.11. The molecule has 0 aliphatic heterocycles. The molecule has 0 N–H and O–H groups in total. The highest BCUT2D eigenvalue weighted by molar-refractivity contribution is 7.18.